The Hall–Kier alpha value is -0.570. The fourth-order valence-electron chi connectivity index (χ4n) is 1.91. The predicted molar refractivity (Wildman–Crippen MR) is 56.3 cm³/mol. The molecule has 0 aliphatic heterocycles. The lowest BCUT2D eigenvalue weighted by atomic mass is 9.76. The van der Waals surface area contributed by atoms with Gasteiger partial charge in [0, 0.05) is 0 Å². The molecule has 1 rings (SSSR count). The number of hydrogen-bond acceptors (Lipinski definition) is 2. The molecule has 3 nitrogen and oxygen atoms in total. The minimum Gasteiger partial charge on any atom is -0.480 e. The number of carboxylic acid groups (broad SMARTS) is 1. The SMILES string of the molecule is CCC(CC)CNC1(C(=O)O)CCC1. The Morgan fingerprint density at radius 3 is 2.29 bits per heavy atom. The predicted octanol–water partition coefficient (Wildman–Crippen LogP) is 2.02. The van der Waals surface area contributed by atoms with Crippen molar-refractivity contribution < 1.29 is 9.90 Å². The summed E-state index contributed by atoms with van der Waals surface area (Å²) < 4.78 is 0. The van der Waals surface area contributed by atoms with Crippen molar-refractivity contribution in [3.63, 3.8) is 0 Å². The van der Waals surface area contributed by atoms with Gasteiger partial charge in [0.2, 0.25) is 0 Å². The second-order valence-corrected chi connectivity index (χ2v) is 4.30. The van der Waals surface area contributed by atoms with Crippen molar-refractivity contribution in [1.29, 1.82) is 0 Å². The molecule has 0 aromatic carbocycles. The number of carboxylic acids is 1. The van der Waals surface area contributed by atoms with Crippen LogP contribution in [0.5, 0.6) is 0 Å². The molecule has 0 heterocycles. The van der Waals surface area contributed by atoms with Crippen LogP contribution in [0.2, 0.25) is 0 Å². The third kappa shape index (κ3) is 2.27. The van der Waals surface area contributed by atoms with Crippen molar-refractivity contribution in [2.75, 3.05) is 6.54 Å². The smallest absolute Gasteiger partial charge is 0.323 e. The summed E-state index contributed by atoms with van der Waals surface area (Å²) in [6.07, 6.45) is 4.88. The van der Waals surface area contributed by atoms with Gasteiger partial charge in [-0.2, -0.15) is 0 Å². The molecule has 0 atom stereocenters. The lowest BCUT2D eigenvalue weighted by Gasteiger charge is -2.39. The highest BCUT2D eigenvalue weighted by atomic mass is 16.4. The Kier molecular flexibility index (Phi) is 3.93. The molecule has 0 bridgehead atoms. The summed E-state index contributed by atoms with van der Waals surface area (Å²) in [5.74, 6) is -0.0541. The number of hydrogen-bond donors (Lipinski definition) is 2. The van der Waals surface area contributed by atoms with Gasteiger partial charge in [0.25, 0.3) is 0 Å². The maximum atomic E-state index is 11.0. The van der Waals surface area contributed by atoms with E-state index >= 15 is 0 Å². The molecular formula is C11H21NO2. The Morgan fingerprint density at radius 2 is 2.00 bits per heavy atom. The Balaban J connectivity index is 2.38. The quantitative estimate of drug-likeness (QED) is 0.688. The van der Waals surface area contributed by atoms with Crippen LogP contribution in [0.4, 0.5) is 0 Å². The molecule has 0 aromatic rings. The van der Waals surface area contributed by atoms with Crippen molar-refractivity contribution in [3.8, 4) is 0 Å². The zero-order valence-corrected chi connectivity index (χ0v) is 9.18. The third-order valence-corrected chi connectivity index (χ3v) is 3.50. The molecule has 1 saturated carbocycles. The normalized spacial score (nSPS) is 19.4. The second-order valence-electron chi connectivity index (χ2n) is 4.30. The highest BCUT2D eigenvalue weighted by Crippen LogP contribution is 2.32. The molecule has 1 fully saturated rings. The molecule has 0 saturated heterocycles. The van der Waals surface area contributed by atoms with Crippen molar-refractivity contribution >= 4 is 5.97 Å². The van der Waals surface area contributed by atoms with Crippen molar-refractivity contribution in [3.05, 3.63) is 0 Å². The van der Waals surface area contributed by atoms with Crippen LogP contribution in [-0.4, -0.2) is 23.2 Å². The summed E-state index contributed by atoms with van der Waals surface area (Å²) in [5.41, 5.74) is -0.581. The van der Waals surface area contributed by atoms with Crippen LogP contribution in [0.3, 0.4) is 0 Å². The molecule has 0 amide bonds. The molecule has 14 heavy (non-hydrogen) atoms. The lowest BCUT2D eigenvalue weighted by molar-refractivity contribution is -0.148. The molecule has 0 unspecified atom stereocenters. The first-order chi connectivity index (χ1) is 6.64. The van der Waals surface area contributed by atoms with Crippen LogP contribution in [-0.2, 0) is 4.79 Å². The van der Waals surface area contributed by atoms with Gasteiger partial charge in [0.05, 0.1) is 0 Å². The molecule has 3 heteroatoms. The van der Waals surface area contributed by atoms with Crippen LogP contribution in [0.15, 0.2) is 0 Å². The largest absolute Gasteiger partial charge is 0.480 e. The fraction of sp³-hybridized carbons (Fsp3) is 0.909. The van der Waals surface area contributed by atoms with E-state index in [1.54, 1.807) is 0 Å². The van der Waals surface area contributed by atoms with E-state index in [1.807, 2.05) is 0 Å². The number of rotatable bonds is 6. The average Bonchev–Trinajstić information content (AvgIpc) is 2.09. The van der Waals surface area contributed by atoms with E-state index in [2.05, 4.69) is 19.2 Å². The van der Waals surface area contributed by atoms with E-state index in [4.69, 9.17) is 5.11 Å². The van der Waals surface area contributed by atoms with E-state index in [9.17, 15) is 4.79 Å². The molecule has 2 N–H and O–H groups in total. The third-order valence-electron chi connectivity index (χ3n) is 3.50. The van der Waals surface area contributed by atoms with E-state index < -0.39 is 11.5 Å². The summed E-state index contributed by atoms with van der Waals surface area (Å²) in [5, 5.41) is 12.3. The topological polar surface area (TPSA) is 49.3 Å². The summed E-state index contributed by atoms with van der Waals surface area (Å²) in [7, 11) is 0. The lowest BCUT2D eigenvalue weighted by Crippen LogP contribution is -2.58. The van der Waals surface area contributed by atoms with Crippen molar-refractivity contribution in [1.82, 2.24) is 5.32 Å². The number of nitrogens with one attached hydrogen (secondary N) is 1. The molecular weight excluding hydrogens is 178 g/mol. The fourth-order valence-corrected chi connectivity index (χ4v) is 1.91. The highest BCUT2D eigenvalue weighted by molar-refractivity contribution is 5.79. The molecule has 0 radical (unpaired) electrons. The van der Waals surface area contributed by atoms with Gasteiger partial charge in [-0.25, -0.2) is 0 Å². The summed E-state index contributed by atoms with van der Waals surface area (Å²) in [6, 6.07) is 0. The van der Waals surface area contributed by atoms with Crippen LogP contribution >= 0.6 is 0 Å². The van der Waals surface area contributed by atoms with Gasteiger partial charge in [-0.1, -0.05) is 26.7 Å². The molecule has 1 aliphatic rings. The first kappa shape index (κ1) is 11.5. The van der Waals surface area contributed by atoms with Crippen molar-refractivity contribution in [2.45, 2.75) is 51.5 Å². The van der Waals surface area contributed by atoms with E-state index in [0.717, 1.165) is 38.6 Å². The van der Waals surface area contributed by atoms with Crippen molar-refractivity contribution in [2.24, 2.45) is 5.92 Å². The van der Waals surface area contributed by atoms with Gasteiger partial charge >= 0.3 is 5.97 Å². The number of carbonyl (C=O) groups is 1. The standard InChI is InChI=1S/C11H21NO2/c1-3-9(4-2)8-12-11(10(13)14)6-5-7-11/h9,12H,3-8H2,1-2H3,(H,13,14). The van der Waals surface area contributed by atoms with Crippen LogP contribution in [0.1, 0.15) is 46.0 Å². The monoisotopic (exact) mass is 199 g/mol. The van der Waals surface area contributed by atoms with Crippen LogP contribution < -0.4 is 5.32 Å². The highest BCUT2D eigenvalue weighted by Gasteiger charge is 2.43. The summed E-state index contributed by atoms with van der Waals surface area (Å²) in [6.45, 7) is 5.16. The minimum atomic E-state index is -0.672. The second kappa shape index (κ2) is 4.78. The average molecular weight is 199 g/mol. The Bertz CT molecular complexity index is 195. The zero-order valence-electron chi connectivity index (χ0n) is 9.18. The molecule has 0 spiro atoms. The number of aliphatic carboxylic acids is 1. The van der Waals surface area contributed by atoms with Gasteiger partial charge in [-0.15, -0.1) is 0 Å². The summed E-state index contributed by atoms with van der Waals surface area (Å²) in [4.78, 5) is 11.0. The Labute approximate surface area is 85.9 Å². The first-order valence-corrected chi connectivity index (χ1v) is 5.63. The van der Waals surface area contributed by atoms with E-state index in [-0.39, 0.29) is 0 Å². The maximum absolute atomic E-state index is 11.0. The van der Waals surface area contributed by atoms with E-state index in [1.165, 1.54) is 0 Å². The van der Waals surface area contributed by atoms with Crippen LogP contribution in [0, 0.1) is 5.92 Å². The molecule has 82 valence electrons. The van der Waals surface area contributed by atoms with E-state index in [0.29, 0.717) is 5.92 Å². The van der Waals surface area contributed by atoms with Gasteiger partial charge in [-0.3, -0.25) is 4.79 Å². The summed E-state index contributed by atoms with van der Waals surface area (Å²) >= 11 is 0. The minimum absolute atomic E-state index is 0.581. The molecule has 1 aliphatic carbocycles. The zero-order chi connectivity index (χ0) is 10.6. The first-order valence-electron chi connectivity index (χ1n) is 5.63. The van der Waals surface area contributed by atoms with Crippen LogP contribution in [0.25, 0.3) is 0 Å². The maximum Gasteiger partial charge on any atom is 0.323 e. The Morgan fingerprint density at radius 1 is 1.43 bits per heavy atom. The van der Waals surface area contributed by atoms with Gasteiger partial charge < -0.3 is 10.4 Å². The van der Waals surface area contributed by atoms with Gasteiger partial charge in [-0.05, 0) is 31.7 Å². The van der Waals surface area contributed by atoms with Gasteiger partial charge in [0.15, 0.2) is 0 Å². The van der Waals surface area contributed by atoms with Gasteiger partial charge in [0.1, 0.15) is 5.54 Å². The molecule has 0 aromatic heterocycles.